The van der Waals surface area contributed by atoms with E-state index >= 15 is 0 Å². The molecule has 0 saturated carbocycles. The van der Waals surface area contributed by atoms with Crippen molar-refractivity contribution in [1.82, 2.24) is 0 Å². The lowest BCUT2D eigenvalue weighted by molar-refractivity contribution is -0.259. The van der Waals surface area contributed by atoms with Crippen LogP contribution in [0.25, 0.3) is 0 Å². The van der Waals surface area contributed by atoms with Crippen molar-refractivity contribution in [2.24, 2.45) is 0 Å². The summed E-state index contributed by atoms with van der Waals surface area (Å²) < 4.78 is 0. The number of carbonyl (C=O) groups is 2. The summed E-state index contributed by atoms with van der Waals surface area (Å²) in [7, 11) is 0. The van der Waals surface area contributed by atoms with Crippen LogP contribution in [0.5, 0.6) is 0 Å². The van der Waals surface area contributed by atoms with Crippen molar-refractivity contribution in [1.29, 1.82) is 0 Å². The first-order chi connectivity index (χ1) is 17.5. The highest BCUT2D eigenvalue weighted by atomic mass is 17.2. The van der Waals surface area contributed by atoms with Crippen molar-refractivity contribution in [3.05, 3.63) is 35.4 Å². The van der Waals surface area contributed by atoms with Gasteiger partial charge < -0.3 is 0 Å². The molecule has 0 aliphatic heterocycles. The van der Waals surface area contributed by atoms with Crippen LogP contribution >= 0.6 is 0 Å². The molecule has 0 heterocycles. The monoisotopic (exact) mass is 504 g/mol. The van der Waals surface area contributed by atoms with Crippen LogP contribution in [0.15, 0.2) is 24.3 Å². The maximum absolute atomic E-state index is 11.6. The third-order valence-electron chi connectivity index (χ3n) is 6.62. The van der Waals surface area contributed by atoms with E-state index in [0.717, 1.165) is 38.5 Å². The molecule has 1 aromatic carbocycles. The molecule has 0 spiro atoms. The lowest BCUT2D eigenvalue weighted by Gasteiger charge is -2.04. The third kappa shape index (κ3) is 23.9. The van der Waals surface area contributed by atoms with Crippen LogP contribution in [0.4, 0.5) is 0 Å². The van der Waals surface area contributed by atoms with Crippen LogP contribution in [0.2, 0.25) is 0 Å². The van der Waals surface area contributed by atoms with E-state index in [1.165, 1.54) is 88.2 Å². The van der Waals surface area contributed by atoms with E-state index < -0.39 is 11.9 Å². The van der Waals surface area contributed by atoms with Gasteiger partial charge in [0.1, 0.15) is 0 Å². The van der Waals surface area contributed by atoms with Gasteiger partial charge in [-0.2, -0.15) is 0 Å². The lowest BCUT2D eigenvalue weighted by atomic mass is 10.1. The summed E-state index contributed by atoms with van der Waals surface area (Å²) in [6.45, 7) is 8.70. The van der Waals surface area contributed by atoms with Crippen LogP contribution in [-0.2, 0) is 19.4 Å². The van der Waals surface area contributed by atoms with Gasteiger partial charge in [0.2, 0.25) is 0 Å². The van der Waals surface area contributed by atoms with Gasteiger partial charge in [0.05, 0.1) is 12.8 Å². The molecule has 4 heteroatoms. The average molecular weight is 505 g/mol. The highest BCUT2D eigenvalue weighted by Gasteiger charge is 2.09. The van der Waals surface area contributed by atoms with Crippen LogP contribution in [-0.4, -0.2) is 11.9 Å². The Balaban J connectivity index is 0.00000128. The van der Waals surface area contributed by atoms with Gasteiger partial charge in [0.25, 0.3) is 0 Å². The van der Waals surface area contributed by atoms with Crippen LogP contribution < -0.4 is 0 Å². The summed E-state index contributed by atoms with van der Waals surface area (Å²) in [5, 5.41) is 0. The standard InChI is InChI=1S/C24H46O4.C8H10/c1-3-5-7-9-11-13-15-17-19-21-23(25)27-28-24(26)22-20-18-16-14-12-10-8-6-4-2;1-7-5-3-4-6-8(7)2/h3-22H2,1-2H3;3-6H,1-2H3. The number of aryl methyl sites for hydroxylation is 2. The van der Waals surface area contributed by atoms with Crippen LogP contribution in [0, 0.1) is 13.8 Å². The Morgan fingerprint density at radius 3 is 1.06 bits per heavy atom. The van der Waals surface area contributed by atoms with Gasteiger partial charge in [0, 0.05) is 0 Å². The molecule has 0 bridgehead atoms. The SMILES string of the molecule is CCCCCCCCCCCC(=O)OOC(=O)CCCCCCCCCCC.Cc1ccccc1C. The maximum atomic E-state index is 11.6. The molecule has 0 aliphatic rings. The molecule has 1 aromatic rings. The minimum atomic E-state index is -0.427. The molecule has 0 unspecified atom stereocenters. The summed E-state index contributed by atoms with van der Waals surface area (Å²) in [6, 6.07) is 8.36. The molecule has 208 valence electrons. The van der Waals surface area contributed by atoms with E-state index in [1.54, 1.807) is 0 Å². The summed E-state index contributed by atoms with van der Waals surface area (Å²) in [6.07, 6.45) is 22.3. The Labute approximate surface area is 222 Å². The molecule has 0 atom stereocenters. The van der Waals surface area contributed by atoms with Gasteiger partial charge in [-0.15, -0.1) is 0 Å². The van der Waals surface area contributed by atoms with Gasteiger partial charge >= 0.3 is 11.9 Å². The Bertz CT molecular complexity index is 586. The van der Waals surface area contributed by atoms with E-state index in [9.17, 15) is 9.59 Å². The molecule has 0 saturated heterocycles. The largest absolute Gasteiger partial charge is 0.355 e. The first kappa shape index (κ1) is 34.2. The zero-order chi connectivity index (χ0) is 26.7. The zero-order valence-electron chi connectivity index (χ0n) is 24.1. The van der Waals surface area contributed by atoms with Crippen molar-refractivity contribution < 1.29 is 19.4 Å². The van der Waals surface area contributed by atoms with Gasteiger partial charge in [-0.3, -0.25) is 0 Å². The minimum Gasteiger partial charge on any atom is -0.247 e. The zero-order valence-corrected chi connectivity index (χ0v) is 24.1. The molecule has 36 heavy (non-hydrogen) atoms. The third-order valence-corrected chi connectivity index (χ3v) is 6.62. The fourth-order valence-electron chi connectivity index (χ4n) is 4.00. The second kappa shape index (κ2) is 26.2. The van der Waals surface area contributed by atoms with Crippen molar-refractivity contribution in [3.8, 4) is 0 Å². The summed E-state index contributed by atoms with van der Waals surface area (Å²) in [5.41, 5.74) is 2.74. The molecule has 1 rings (SSSR count). The Kier molecular flexibility index (Phi) is 24.9. The van der Waals surface area contributed by atoms with Gasteiger partial charge in [-0.25, -0.2) is 19.4 Å². The summed E-state index contributed by atoms with van der Waals surface area (Å²) >= 11 is 0. The molecule has 0 aliphatic carbocycles. The first-order valence-electron chi connectivity index (χ1n) is 14.9. The fourth-order valence-corrected chi connectivity index (χ4v) is 4.00. The summed E-state index contributed by atoms with van der Waals surface area (Å²) in [4.78, 5) is 32.4. The van der Waals surface area contributed by atoms with Gasteiger partial charge in [-0.1, -0.05) is 141 Å². The van der Waals surface area contributed by atoms with Gasteiger partial charge in [0.15, 0.2) is 0 Å². The Morgan fingerprint density at radius 2 is 0.778 bits per heavy atom. The highest BCUT2D eigenvalue weighted by molar-refractivity contribution is 5.72. The lowest BCUT2D eigenvalue weighted by Crippen LogP contribution is -2.11. The highest BCUT2D eigenvalue weighted by Crippen LogP contribution is 2.12. The fraction of sp³-hybridized carbons (Fsp3) is 0.750. The van der Waals surface area contributed by atoms with Crippen molar-refractivity contribution >= 4 is 11.9 Å². The van der Waals surface area contributed by atoms with Crippen LogP contribution in [0.1, 0.15) is 153 Å². The number of benzene rings is 1. The number of hydrogen-bond acceptors (Lipinski definition) is 4. The van der Waals surface area contributed by atoms with E-state index in [1.807, 2.05) is 0 Å². The van der Waals surface area contributed by atoms with Crippen LogP contribution in [0.3, 0.4) is 0 Å². The minimum absolute atomic E-state index is 0.334. The topological polar surface area (TPSA) is 52.6 Å². The first-order valence-corrected chi connectivity index (χ1v) is 14.9. The molecule has 0 amide bonds. The normalized spacial score (nSPS) is 10.4. The molecular weight excluding hydrogens is 448 g/mol. The molecular formula is C32H56O4. The van der Waals surface area contributed by atoms with E-state index in [0.29, 0.717) is 12.8 Å². The quantitative estimate of drug-likeness (QED) is 0.101. The van der Waals surface area contributed by atoms with Crippen molar-refractivity contribution in [3.63, 3.8) is 0 Å². The average Bonchev–Trinajstić information content (AvgIpc) is 2.87. The molecule has 0 fully saturated rings. The predicted octanol–water partition coefficient (Wildman–Crippen LogP) is 10.1. The maximum Gasteiger partial charge on any atom is 0.355 e. The van der Waals surface area contributed by atoms with Gasteiger partial charge in [-0.05, 0) is 37.8 Å². The van der Waals surface area contributed by atoms with E-state index in [2.05, 4.69) is 61.7 Å². The molecule has 0 N–H and O–H groups in total. The predicted molar refractivity (Wildman–Crippen MR) is 152 cm³/mol. The van der Waals surface area contributed by atoms with Crippen molar-refractivity contribution in [2.75, 3.05) is 0 Å². The smallest absolute Gasteiger partial charge is 0.247 e. The van der Waals surface area contributed by atoms with Crippen molar-refractivity contribution in [2.45, 2.75) is 156 Å². The molecule has 0 aromatic heterocycles. The summed E-state index contributed by atoms with van der Waals surface area (Å²) in [5.74, 6) is -0.855. The second-order valence-corrected chi connectivity index (χ2v) is 10.2. The Morgan fingerprint density at radius 1 is 0.500 bits per heavy atom. The molecule has 0 radical (unpaired) electrons. The second-order valence-electron chi connectivity index (χ2n) is 10.2. The number of hydrogen-bond donors (Lipinski definition) is 0. The number of unbranched alkanes of at least 4 members (excludes halogenated alkanes) is 16. The molecule has 4 nitrogen and oxygen atoms in total. The number of rotatable bonds is 20. The Hall–Kier alpha value is -1.84. The number of carbonyl (C=O) groups excluding carboxylic acids is 2. The van der Waals surface area contributed by atoms with E-state index in [4.69, 9.17) is 0 Å². The van der Waals surface area contributed by atoms with E-state index in [-0.39, 0.29) is 0 Å².